The lowest BCUT2D eigenvalue weighted by Gasteiger charge is -2.27. The average molecular weight is 190 g/mol. The third-order valence-electron chi connectivity index (χ3n) is 2.37. The van der Waals surface area contributed by atoms with E-state index in [9.17, 15) is 4.79 Å². The van der Waals surface area contributed by atoms with Crippen molar-refractivity contribution >= 4 is 5.91 Å². The molecule has 0 saturated carbocycles. The molecule has 14 heavy (non-hydrogen) atoms. The van der Waals surface area contributed by atoms with E-state index in [1.54, 1.807) is 19.0 Å². The second-order valence-corrected chi connectivity index (χ2v) is 4.12. The SMILES string of the molecule is CN(C)C(=O)C(C)(C)c1c[c]ccc1. The Morgan fingerprint density at radius 2 is 2.07 bits per heavy atom. The van der Waals surface area contributed by atoms with Gasteiger partial charge in [-0.15, -0.1) is 0 Å². The Morgan fingerprint density at radius 3 is 2.50 bits per heavy atom. The monoisotopic (exact) mass is 190 g/mol. The van der Waals surface area contributed by atoms with Gasteiger partial charge in [-0.05, 0) is 25.5 Å². The fraction of sp³-hybridized carbons (Fsp3) is 0.417. The molecule has 0 N–H and O–H groups in total. The Kier molecular flexibility index (Phi) is 2.94. The number of rotatable bonds is 2. The number of carbonyl (C=O) groups excluding carboxylic acids is 1. The van der Waals surface area contributed by atoms with Crippen molar-refractivity contribution in [2.75, 3.05) is 14.1 Å². The highest BCUT2D eigenvalue weighted by Crippen LogP contribution is 2.24. The molecule has 0 atom stereocenters. The minimum Gasteiger partial charge on any atom is -0.348 e. The molecule has 1 aromatic carbocycles. The van der Waals surface area contributed by atoms with Crippen molar-refractivity contribution in [3.8, 4) is 0 Å². The summed E-state index contributed by atoms with van der Waals surface area (Å²) in [7, 11) is 3.55. The summed E-state index contributed by atoms with van der Waals surface area (Å²) in [6.07, 6.45) is 0. The molecule has 0 unspecified atom stereocenters. The number of hydrogen-bond donors (Lipinski definition) is 0. The fourth-order valence-electron chi connectivity index (χ4n) is 1.46. The lowest BCUT2D eigenvalue weighted by atomic mass is 9.83. The summed E-state index contributed by atoms with van der Waals surface area (Å²) in [5.74, 6) is 0.108. The maximum atomic E-state index is 11.9. The molecule has 2 heteroatoms. The molecule has 1 amide bonds. The fourth-order valence-corrected chi connectivity index (χ4v) is 1.46. The Bertz CT molecular complexity index is 314. The predicted molar refractivity (Wildman–Crippen MR) is 57.0 cm³/mol. The van der Waals surface area contributed by atoms with E-state index < -0.39 is 5.41 Å². The zero-order valence-corrected chi connectivity index (χ0v) is 9.16. The van der Waals surface area contributed by atoms with Crippen LogP contribution in [-0.2, 0) is 10.2 Å². The van der Waals surface area contributed by atoms with Crippen LogP contribution >= 0.6 is 0 Å². The number of benzene rings is 1. The van der Waals surface area contributed by atoms with Crippen LogP contribution in [0.5, 0.6) is 0 Å². The third kappa shape index (κ3) is 1.95. The minimum absolute atomic E-state index is 0.108. The topological polar surface area (TPSA) is 20.3 Å². The van der Waals surface area contributed by atoms with Crippen molar-refractivity contribution in [1.82, 2.24) is 4.90 Å². The van der Waals surface area contributed by atoms with E-state index >= 15 is 0 Å². The Labute approximate surface area is 85.5 Å². The van der Waals surface area contributed by atoms with Crippen molar-refractivity contribution < 1.29 is 4.79 Å². The van der Waals surface area contributed by atoms with Crippen LogP contribution in [0.15, 0.2) is 24.3 Å². The summed E-state index contributed by atoms with van der Waals surface area (Å²) in [6, 6.07) is 10.5. The molecule has 0 bridgehead atoms. The van der Waals surface area contributed by atoms with Gasteiger partial charge in [0.1, 0.15) is 0 Å². The number of amides is 1. The quantitative estimate of drug-likeness (QED) is 0.697. The Balaban J connectivity index is 3.02. The van der Waals surface area contributed by atoms with Crippen LogP contribution < -0.4 is 0 Å². The largest absolute Gasteiger partial charge is 0.348 e. The zero-order valence-electron chi connectivity index (χ0n) is 9.16. The van der Waals surface area contributed by atoms with E-state index in [0.29, 0.717) is 0 Å². The third-order valence-corrected chi connectivity index (χ3v) is 2.37. The summed E-state index contributed by atoms with van der Waals surface area (Å²) in [5, 5.41) is 0. The molecular weight excluding hydrogens is 174 g/mol. The molecule has 0 spiro atoms. The summed E-state index contributed by atoms with van der Waals surface area (Å²) in [6.45, 7) is 3.86. The molecule has 0 heterocycles. The smallest absolute Gasteiger partial charge is 0.232 e. The minimum atomic E-state index is -0.471. The van der Waals surface area contributed by atoms with E-state index in [1.165, 1.54) is 0 Å². The molecule has 0 fully saturated rings. The number of carbonyl (C=O) groups is 1. The number of nitrogens with zero attached hydrogens (tertiary/aromatic N) is 1. The molecule has 0 saturated heterocycles. The van der Waals surface area contributed by atoms with Gasteiger partial charge in [-0.25, -0.2) is 0 Å². The highest BCUT2D eigenvalue weighted by Gasteiger charge is 2.30. The van der Waals surface area contributed by atoms with Gasteiger partial charge in [0, 0.05) is 14.1 Å². The van der Waals surface area contributed by atoms with Crippen molar-refractivity contribution in [1.29, 1.82) is 0 Å². The highest BCUT2D eigenvalue weighted by atomic mass is 16.2. The van der Waals surface area contributed by atoms with Crippen LogP contribution in [0.2, 0.25) is 0 Å². The molecule has 0 aliphatic carbocycles. The van der Waals surface area contributed by atoms with Gasteiger partial charge in [0.15, 0.2) is 0 Å². The Hall–Kier alpha value is -1.31. The van der Waals surface area contributed by atoms with Crippen LogP contribution in [0.25, 0.3) is 0 Å². The van der Waals surface area contributed by atoms with Crippen LogP contribution in [0.3, 0.4) is 0 Å². The predicted octanol–water partition coefficient (Wildman–Crippen LogP) is 1.85. The van der Waals surface area contributed by atoms with E-state index in [0.717, 1.165) is 5.56 Å². The molecule has 0 aromatic heterocycles. The lowest BCUT2D eigenvalue weighted by molar-refractivity contribution is -0.133. The van der Waals surface area contributed by atoms with Crippen LogP contribution in [0, 0.1) is 6.07 Å². The van der Waals surface area contributed by atoms with Crippen molar-refractivity contribution in [2.45, 2.75) is 19.3 Å². The van der Waals surface area contributed by atoms with Gasteiger partial charge in [0.05, 0.1) is 5.41 Å². The average Bonchev–Trinajstić information content (AvgIpc) is 2.18. The maximum absolute atomic E-state index is 11.9. The lowest BCUT2D eigenvalue weighted by Crippen LogP contribution is -2.39. The van der Waals surface area contributed by atoms with Crippen molar-refractivity contribution in [3.05, 3.63) is 35.9 Å². The summed E-state index contributed by atoms with van der Waals surface area (Å²) < 4.78 is 0. The van der Waals surface area contributed by atoms with Gasteiger partial charge in [-0.2, -0.15) is 0 Å². The first-order chi connectivity index (χ1) is 6.46. The van der Waals surface area contributed by atoms with E-state index in [2.05, 4.69) is 6.07 Å². The molecule has 1 rings (SSSR count). The van der Waals surface area contributed by atoms with E-state index in [4.69, 9.17) is 0 Å². The number of likely N-dealkylation sites (N-methyl/N-ethyl adjacent to an activating group) is 1. The van der Waals surface area contributed by atoms with Crippen LogP contribution in [0.1, 0.15) is 19.4 Å². The van der Waals surface area contributed by atoms with Gasteiger partial charge >= 0.3 is 0 Å². The van der Waals surface area contributed by atoms with Gasteiger partial charge in [-0.1, -0.05) is 24.3 Å². The molecule has 2 nitrogen and oxygen atoms in total. The van der Waals surface area contributed by atoms with Gasteiger partial charge in [-0.3, -0.25) is 4.79 Å². The van der Waals surface area contributed by atoms with Gasteiger partial charge in [0.2, 0.25) is 5.91 Å². The second-order valence-electron chi connectivity index (χ2n) is 4.12. The highest BCUT2D eigenvalue weighted by molar-refractivity contribution is 5.86. The maximum Gasteiger partial charge on any atom is 0.232 e. The second kappa shape index (κ2) is 3.82. The molecular formula is C12H16NO. The normalized spacial score (nSPS) is 11.1. The molecule has 75 valence electrons. The van der Waals surface area contributed by atoms with Crippen LogP contribution in [-0.4, -0.2) is 24.9 Å². The van der Waals surface area contributed by atoms with Crippen molar-refractivity contribution in [2.24, 2.45) is 0 Å². The summed E-state index contributed by atoms with van der Waals surface area (Å²) in [5.41, 5.74) is 0.528. The first-order valence-corrected chi connectivity index (χ1v) is 4.64. The molecule has 0 aliphatic rings. The Morgan fingerprint density at radius 1 is 1.43 bits per heavy atom. The first kappa shape index (κ1) is 10.8. The molecule has 1 aromatic rings. The number of hydrogen-bond acceptors (Lipinski definition) is 1. The molecule has 0 aliphatic heterocycles. The van der Waals surface area contributed by atoms with E-state index in [-0.39, 0.29) is 5.91 Å². The van der Waals surface area contributed by atoms with E-state index in [1.807, 2.05) is 38.1 Å². The zero-order chi connectivity index (χ0) is 10.8. The van der Waals surface area contributed by atoms with Gasteiger partial charge in [0.25, 0.3) is 0 Å². The summed E-state index contributed by atoms with van der Waals surface area (Å²) >= 11 is 0. The first-order valence-electron chi connectivity index (χ1n) is 4.64. The standard InChI is InChI=1S/C12H16NO/c1-12(2,11(14)13(3)4)10-8-6-5-7-9-10/h5-6,8-9H,1-4H3. The van der Waals surface area contributed by atoms with Crippen LogP contribution in [0.4, 0.5) is 0 Å². The molecule has 1 radical (unpaired) electrons. The summed E-state index contributed by atoms with van der Waals surface area (Å²) in [4.78, 5) is 13.5. The van der Waals surface area contributed by atoms with Crippen molar-refractivity contribution in [3.63, 3.8) is 0 Å². The van der Waals surface area contributed by atoms with Gasteiger partial charge < -0.3 is 4.90 Å².